The number of aliphatic imine (C=N–C) groups is 1. The molecular formula is C17H31N5O7. The van der Waals surface area contributed by atoms with Crippen molar-refractivity contribution in [3.8, 4) is 0 Å². The van der Waals surface area contributed by atoms with Crippen LogP contribution in [0.3, 0.4) is 0 Å². The molecule has 1 aliphatic rings. The van der Waals surface area contributed by atoms with Gasteiger partial charge in [0.2, 0.25) is 11.7 Å². The van der Waals surface area contributed by atoms with Crippen LogP contribution in [-0.4, -0.2) is 83.3 Å². The van der Waals surface area contributed by atoms with Gasteiger partial charge < -0.3 is 47.3 Å². The first-order chi connectivity index (χ1) is 13.7. The maximum absolute atomic E-state index is 11.7. The number of nitrogens with zero attached hydrogens (tertiary/aromatic N) is 1. The number of nitrogens with one attached hydrogen (secondary N) is 1. The molecule has 0 aromatic carbocycles. The van der Waals surface area contributed by atoms with Crippen LogP contribution >= 0.6 is 0 Å². The summed E-state index contributed by atoms with van der Waals surface area (Å²) in [7, 11) is 0. The molecule has 10 N–H and O–H groups in total. The molecule has 0 saturated heterocycles. The lowest BCUT2D eigenvalue weighted by Crippen LogP contribution is -2.60. The van der Waals surface area contributed by atoms with E-state index in [1.807, 2.05) is 0 Å². The fraction of sp³-hybridized carbons (Fsp3) is 0.706. The summed E-state index contributed by atoms with van der Waals surface area (Å²) in [5.74, 6) is -2.62. The third kappa shape index (κ3) is 7.85. The third-order valence-corrected chi connectivity index (χ3v) is 4.23. The topological polar surface area (TPSA) is 216 Å². The smallest absolute Gasteiger partial charge is 0.370 e. The van der Waals surface area contributed by atoms with E-state index in [1.54, 1.807) is 0 Å². The quantitative estimate of drug-likeness (QED) is 0.0995. The van der Waals surface area contributed by atoms with E-state index in [1.165, 1.54) is 6.92 Å². The van der Waals surface area contributed by atoms with Gasteiger partial charge in [0.15, 0.2) is 12.1 Å². The number of carboxylic acids is 1. The molecule has 1 rings (SSSR count). The second-order valence-electron chi connectivity index (χ2n) is 6.62. The first kappa shape index (κ1) is 24.6. The summed E-state index contributed by atoms with van der Waals surface area (Å²) >= 11 is 0. The number of guanidine groups is 1. The number of aliphatic hydroxyl groups excluding tert-OH is 2. The number of carboxylic acid groups (broad SMARTS) is 1. The Morgan fingerprint density at radius 3 is 2.55 bits per heavy atom. The Morgan fingerprint density at radius 1 is 1.34 bits per heavy atom. The highest BCUT2D eigenvalue weighted by Crippen LogP contribution is 2.26. The standard InChI is InChI=1S/C17H31N5O7/c1-9(24)21-13-10(22-17(19)20)7-12(16(26)27)29-15(13)14(11(25)8-23)28-6-4-2-3-5-18/h7,10-11,13-15,23,25H,2-6,8,18H2,1H3,(H,21,24)(H,26,27)(H4,19,20,22)/t10-,11+,13+,14+,15+/m0/s1. The van der Waals surface area contributed by atoms with Crippen molar-refractivity contribution >= 4 is 17.8 Å². The van der Waals surface area contributed by atoms with E-state index in [-0.39, 0.29) is 12.6 Å². The Labute approximate surface area is 168 Å². The third-order valence-electron chi connectivity index (χ3n) is 4.23. The fourth-order valence-electron chi connectivity index (χ4n) is 2.97. The lowest BCUT2D eigenvalue weighted by Gasteiger charge is -2.40. The summed E-state index contributed by atoms with van der Waals surface area (Å²) < 4.78 is 11.2. The van der Waals surface area contributed by atoms with Crippen molar-refractivity contribution in [1.29, 1.82) is 0 Å². The average molecular weight is 417 g/mol. The van der Waals surface area contributed by atoms with E-state index >= 15 is 0 Å². The van der Waals surface area contributed by atoms with Crippen LogP contribution in [0.1, 0.15) is 26.2 Å². The molecule has 1 aliphatic heterocycles. The predicted octanol–water partition coefficient (Wildman–Crippen LogP) is -2.63. The summed E-state index contributed by atoms with van der Waals surface area (Å²) in [6, 6.07) is -1.93. The number of carbonyl (C=O) groups excluding carboxylic acids is 1. The molecule has 166 valence electrons. The monoisotopic (exact) mass is 417 g/mol. The number of hydrogen-bond acceptors (Lipinski definition) is 8. The second kappa shape index (κ2) is 12.2. The van der Waals surface area contributed by atoms with Crippen molar-refractivity contribution in [1.82, 2.24) is 5.32 Å². The Morgan fingerprint density at radius 2 is 2.03 bits per heavy atom. The Balaban J connectivity index is 3.21. The summed E-state index contributed by atoms with van der Waals surface area (Å²) in [6.07, 6.45) is -0.377. The summed E-state index contributed by atoms with van der Waals surface area (Å²) in [5.41, 5.74) is 16.3. The van der Waals surface area contributed by atoms with E-state index in [0.717, 1.165) is 18.9 Å². The van der Waals surface area contributed by atoms with Crippen LogP contribution in [-0.2, 0) is 19.1 Å². The van der Waals surface area contributed by atoms with E-state index in [9.17, 15) is 24.9 Å². The molecule has 12 heteroatoms. The van der Waals surface area contributed by atoms with E-state index in [0.29, 0.717) is 13.0 Å². The van der Waals surface area contributed by atoms with Crippen LogP contribution in [0.5, 0.6) is 0 Å². The minimum absolute atomic E-state index is 0.202. The van der Waals surface area contributed by atoms with Gasteiger partial charge in [-0.25, -0.2) is 9.79 Å². The van der Waals surface area contributed by atoms with Gasteiger partial charge in [0, 0.05) is 13.5 Å². The summed E-state index contributed by atoms with van der Waals surface area (Å²) in [5, 5.41) is 31.7. The number of aliphatic carboxylic acids is 1. The number of aliphatic hydroxyl groups is 2. The number of carbonyl (C=O) groups is 2. The van der Waals surface area contributed by atoms with Crippen LogP contribution in [0, 0.1) is 0 Å². The van der Waals surface area contributed by atoms with Crippen molar-refractivity contribution < 1.29 is 34.4 Å². The molecule has 1 heterocycles. The fourth-order valence-corrected chi connectivity index (χ4v) is 2.97. The number of rotatable bonds is 12. The molecule has 5 atom stereocenters. The summed E-state index contributed by atoms with van der Waals surface area (Å²) in [6.45, 7) is 1.32. The molecule has 0 bridgehead atoms. The van der Waals surface area contributed by atoms with Crippen molar-refractivity contribution in [2.24, 2.45) is 22.2 Å². The molecule has 0 unspecified atom stereocenters. The molecule has 0 aromatic heterocycles. The highest BCUT2D eigenvalue weighted by Gasteiger charge is 2.45. The lowest BCUT2D eigenvalue weighted by atomic mass is 9.92. The first-order valence-corrected chi connectivity index (χ1v) is 9.29. The number of hydrogen-bond donors (Lipinski definition) is 7. The molecule has 0 saturated carbocycles. The first-order valence-electron chi connectivity index (χ1n) is 9.29. The summed E-state index contributed by atoms with van der Waals surface area (Å²) in [4.78, 5) is 27.2. The van der Waals surface area contributed by atoms with Crippen LogP contribution in [0.2, 0.25) is 0 Å². The SMILES string of the molecule is CC(=O)N[C@H]1[C@H]([C@H](OCCCCCN)[C@H](O)CO)OC(C(=O)O)=C[C@@H]1N=C(N)N. The Hall–Kier alpha value is -2.41. The van der Waals surface area contributed by atoms with Gasteiger partial charge in [-0.05, 0) is 31.9 Å². The van der Waals surface area contributed by atoms with Crippen LogP contribution in [0.4, 0.5) is 0 Å². The normalized spacial score (nSPS) is 23.3. The largest absolute Gasteiger partial charge is 0.478 e. The molecule has 1 amide bonds. The molecular weight excluding hydrogens is 386 g/mol. The van der Waals surface area contributed by atoms with Crippen molar-refractivity contribution in [3.63, 3.8) is 0 Å². The molecule has 0 aliphatic carbocycles. The van der Waals surface area contributed by atoms with Gasteiger partial charge in [0.05, 0.1) is 18.7 Å². The Kier molecular flexibility index (Phi) is 10.4. The van der Waals surface area contributed by atoms with E-state index in [4.69, 9.17) is 26.7 Å². The number of ether oxygens (including phenoxy) is 2. The van der Waals surface area contributed by atoms with Crippen LogP contribution in [0.25, 0.3) is 0 Å². The molecule has 0 spiro atoms. The zero-order valence-corrected chi connectivity index (χ0v) is 16.4. The Bertz CT molecular complexity index is 609. The molecule has 0 fully saturated rings. The minimum Gasteiger partial charge on any atom is -0.478 e. The van der Waals surface area contributed by atoms with Crippen LogP contribution < -0.4 is 22.5 Å². The average Bonchev–Trinajstić information content (AvgIpc) is 2.64. The predicted molar refractivity (Wildman–Crippen MR) is 104 cm³/mol. The zero-order valence-electron chi connectivity index (χ0n) is 16.4. The van der Waals surface area contributed by atoms with Gasteiger partial charge in [-0.15, -0.1) is 0 Å². The second-order valence-corrected chi connectivity index (χ2v) is 6.62. The maximum atomic E-state index is 11.7. The van der Waals surface area contributed by atoms with Crippen molar-refractivity contribution in [2.75, 3.05) is 19.8 Å². The van der Waals surface area contributed by atoms with Crippen molar-refractivity contribution in [3.05, 3.63) is 11.8 Å². The zero-order chi connectivity index (χ0) is 22.0. The number of amides is 1. The van der Waals surface area contributed by atoms with E-state index in [2.05, 4.69) is 10.3 Å². The van der Waals surface area contributed by atoms with E-state index < -0.39 is 54.6 Å². The lowest BCUT2D eigenvalue weighted by molar-refractivity contribution is -0.153. The van der Waals surface area contributed by atoms with Gasteiger partial charge in [-0.2, -0.15) is 0 Å². The van der Waals surface area contributed by atoms with Gasteiger partial charge in [-0.3, -0.25) is 4.79 Å². The number of unbranched alkanes of at least 4 members (excludes halogenated alkanes) is 2. The molecule has 0 aromatic rings. The highest BCUT2D eigenvalue weighted by molar-refractivity contribution is 5.85. The minimum atomic E-state index is -1.40. The molecule has 29 heavy (non-hydrogen) atoms. The molecule has 0 radical (unpaired) electrons. The van der Waals surface area contributed by atoms with Crippen molar-refractivity contribution in [2.45, 2.75) is 56.6 Å². The maximum Gasteiger partial charge on any atom is 0.370 e. The van der Waals surface area contributed by atoms with Gasteiger partial charge in [0.1, 0.15) is 12.2 Å². The molecule has 12 nitrogen and oxygen atoms in total. The highest BCUT2D eigenvalue weighted by atomic mass is 16.6. The van der Waals surface area contributed by atoms with Gasteiger partial charge in [-0.1, -0.05) is 0 Å². The van der Waals surface area contributed by atoms with Gasteiger partial charge >= 0.3 is 5.97 Å². The van der Waals surface area contributed by atoms with Gasteiger partial charge in [0.25, 0.3) is 0 Å². The van der Waals surface area contributed by atoms with Crippen LogP contribution in [0.15, 0.2) is 16.8 Å². The number of nitrogens with two attached hydrogens (primary N) is 3.